The van der Waals surface area contributed by atoms with Gasteiger partial charge in [0.2, 0.25) is 5.91 Å². The van der Waals surface area contributed by atoms with Crippen molar-refractivity contribution in [3.05, 3.63) is 52.0 Å². The second-order valence-electron chi connectivity index (χ2n) is 8.75. The van der Waals surface area contributed by atoms with Crippen molar-refractivity contribution in [1.82, 2.24) is 25.7 Å². The Morgan fingerprint density at radius 2 is 1.94 bits per heavy atom. The number of hydrogen-bond donors (Lipinski definition) is 3. The summed E-state index contributed by atoms with van der Waals surface area (Å²) in [7, 11) is 4.95. The summed E-state index contributed by atoms with van der Waals surface area (Å²) >= 11 is 13.6. The number of hydrogen-bond acceptors (Lipinski definition) is 8. The lowest BCUT2D eigenvalue weighted by molar-refractivity contribution is -0.119. The number of aryl methyl sites for hydroxylation is 1. The number of dihydropyridines is 1. The summed E-state index contributed by atoms with van der Waals surface area (Å²) in [5, 5.41) is 14.7. The number of amidine groups is 1. The second-order valence-corrected chi connectivity index (χ2v) is 9.51. The highest BCUT2D eigenvalue weighted by molar-refractivity contribution is 6.41. The number of nitrogens with one attached hydrogen (secondary N) is 3. The maximum atomic E-state index is 12.0. The molecular formula is C24H27Cl2N7O3. The van der Waals surface area contributed by atoms with E-state index in [1.807, 2.05) is 24.3 Å². The van der Waals surface area contributed by atoms with Crippen molar-refractivity contribution in [1.29, 1.82) is 0 Å². The predicted molar refractivity (Wildman–Crippen MR) is 139 cm³/mol. The van der Waals surface area contributed by atoms with E-state index >= 15 is 0 Å². The lowest BCUT2D eigenvalue weighted by atomic mass is 10.1. The summed E-state index contributed by atoms with van der Waals surface area (Å²) in [4.78, 5) is 19.0. The molecule has 2 unspecified atom stereocenters. The summed E-state index contributed by atoms with van der Waals surface area (Å²) in [6.07, 6.45) is 9.12. The van der Waals surface area contributed by atoms with Gasteiger partial charge in [0.25, 0.3) is 0 Å². The molecule has 1 fully saturated rings. The molecule has 0 aliphatic carbocycles. The number of ether oxygens (including phenoxy) is 2. The van der Waals surface area contributed by atoms with Gasteiger partial charge in [0.1, 0.15) is 27.7 Å². The van der Waals surface area contributed by atoms with E-state index in [2.05, 4.69) is 27.1 Å². The summed E-state index contributed by atoms with van der Waals surface area (Å²) in [5.41, 5.74) is 3.22. The van der Waals surface area contributed by atoms with E-state index < -0.39 is 0 Å². The number of carbonyl (C=O) groups excluding carboxylic acids is 1. The molecule has 3 aliphatic heterocycles. The van der Waals surface area contributed by atoms with Gasteiger partial charge in [-0.15, -0.1) is 0 Å². The van der Waals surface area contributed by atoms with E-state index in [9.17, 15) is 4.79 Å². The minimum absolute atomic E-state index is 0.0295. The van der Waals surface area contributed by atoms with Crippen LogP contribution in [0, 0.1) is 0 Å². The Kier molecular flexibility index (Phi) is 6.72. The fraction of sp³-hybridized carbons (Fsp3) is 0.375. The molecule has 0 saturated carbocycles. The van der Waals surface area contributed by atoms with Crippen LogP contribution in [-0.4, -0.2) is 54.5 Å². The molecule has 12 heteroatoms. The zero-order valence-corrected chi connectivity index (χ0v) is 21.7. The van der Waals surface area contributed by atoms with Crippen LogP contribution in [0.25, 0.3) is 5.70 Å². The molecule has 0 radical (unpaired) electrons. The van der Waals surface area contributed by atoms with Crippen molar-refractivity contribution >= 4 is 46.3 Å². The third-order valence-corrected chi connectivity index (χ3v) is 7.14. The lowest BCUT2D eigenvalue weighted by Crippen LogP contribution is -2.47. The Bertz CT molecular complexity index is 1260. The quantitative estimate of drug-likeness (QED) is 0.504. The second kappa shape index (κ2) is 9.94. The minimum Gasteiger partial charge on any atom is -0.495 e. The van der Waals surface area contributed by atoms with Gasteiger partial charge in [0, 0.05) is 56.5 Å². The van der Waals surface area contributed by atoms with E-state index in [-0.39, 0.29) is 18.1 Å². The van der Waals surface area contributed by atoms with E-state index in [0.29, 0.717) is 58.9 Å². The number of aliphatic imine (C=N–C) groups is 1. The molecule has 1 amide bonds. The van der Waals surface area contributed by atoms with Crippen molar-refractivity contribution in [2.45, 2.75) is 31.5 Å². The maximum Gasteiger partial charge on any atom is 0.220 e. The molecule has 4 heterocycles. The first-order valence-corrected chi connectivity index (χ1v) is 12.3. The van der Waals surface area contributed by atoms with Gasteiger partial charge >= 0.3 is 0 Å². The molecule has 190 valence electrons. The molecule has 1 saturated heterocycles. The predicted octanol–water partition coefficient (Wildman–Crippen LogP) is 3.03. The normalized spacial score (nSPS) is 20.8. The number of rotatable bonds is 7. The van der Waals surface area contributed by atoms with E-state index in [0.717, 1.165) is 17.0 Å². The van der Waals surface area contributed by atoms with Crippen LogP contribution in [0.3, 0.4) is 0 Å². The molecule has 0 spiro atoms. The first-order valence-electron chi connectivity index (χ1n) is 11.5. The molecule has 2 atom stereocenters. The third kappa shape index (κ3) is 4.58. The number of aromatic nitrogens is 2. The number of fused-ring (bicyclic) bond motifs is 1. The SMILES string of the molecule is COc1cc(OC)c(Cl)c(N(CC2CCC(=O)N2)C2CC=C3NC=C(c4cnn(C)c4)NC3=N2)c1Cl. The molecule has 3 N–H and O–H groups in total. The Labute approximate surface area is 218 Å². The smallest absolute Gasteiger partial charge is 0.220 e. The zero-order valence-electron chi connectivity index (χ0n) is 20.1. The van der Waals surface area contributed by atoms with Crippen LogP contribution < -0.4 is 30.3 Å². The zero-order chi connectivity index (χ0) is 25.4. The number of carbonyl (C=O) groups is 1. The average molecular weight is 532 g/mol. The van der Waals surface area contributed by atoms with E-state index in [1.165, 1.54) is 0 Å². The Balaban J connectivity index is 1.53. The summed E-state index contributed by atoms with van der Waals surface area (Å²) in [6.45, 7) is 0.463. The third-order valence-electron chi connectivity index (χ3n) is 6.41. The highest BCUT2D eigenvalue weighted by atomic mass is 35.5. The topological polar surface area (TPSA) is 105 Å². The van der Waals surface area contributed by atoms with Crippen LogP contribution >= 0.6 is 23.2 Å². The van der Waals surface area contributed by atoms with Crippen LogP contribution in [0.2, 0.25) is 10.0 Å². The molecule has 10 nitrogen and oxygen atoms in total. The fourth-order valence-corrected chi connectivity index (χ4v) is 5.30. The van der Waals surface area contributed by atoms with Crippen LogP contribution in [-0.2, 0) is 11.8 Å². The molecule has 1 aromatic heterocycles. The Morgan fingerprint density at radius 3 is 2.56 bits per heavy atom. The molecule has 36 heavy (non-hydrogen) atoms. The van der Waals surface area contributed by atoms with Gasteiger partial charge in [-0.2, -0.15) is 5.10 Å². The molecule has 1 aromatic carbocycles. The first-order chi connectivity index (χ1) is 17.4. The Hall–Kier alpha value is -3.37. The monoisotopic (exact) mass is 531 g/mol. The van der Waals surface area contributed by atoms with Crippen molar-refractivity contribution in [3.63, 3.8) is 0 Å². The van der Waals surface area contributed by atoms with Gasteiger partial charge in [0.15, 0.2) is 5.84 Å². The standard InChI is InChI=1S/C24H27Cl2N7O3/c1-32-11-13(9-28-32)16-10-27-15-5-6-19(31-24(15)30-16)33(12-14-4-7-20(34)29-14)23-21(25)17(35-2)8-18(36-3)22(23)26/h5,8-11,14,19,27H,4,6-7,12H2,1-3H3,(H,29,34)(H,30,31). The largest absolute Gasteiger partial charge is 0.495 e. The minimum atomic E-state index is -0.351. The van der Waals surface area contributed by atoms with Gasteiger partial charge < -0.3 is 30.3 Å². The van der Waals surface area contributed by atoms with Crippen LogP contribution in [0.15, 0.2) is 41.4 Å². The van der Waals surface area contributed by atoms with Gasteiger partial charge in [0.05, 0.1) is 37.5 Å². The average Bonchev–Trinajstić information content (AvgIpc) is 3.50. The number of nitrogens with zero attached hydrogens (tertiary/aromatic N) is 4. The first kappa shape index (κ1) is 24.3. The van der Waals surface area contributed by atoms with Crippen molar-refractivity contribution in [2.24, 2.45) is 12.0 Å². The van der Waals surface area contributed by atoms with Crippen molar-refractivity contribution < 1.29 is 14.3 Å². The number of halogens is 2. The number of anilines is 1. The molecular weight excluding hydrogens is 505 g/mol. The highest BCUT2D eigenvalue weighted by Gasteiger charge is 2.33. The van der Waals surface area contributed by atoms with Crippen molar-refractivity contribution in [2.75, 3.05) is 25.7 Å². The van der Waals surface area contributed by atoms with Gasteiger partial charge in [-0.3, -0.25) is 9.48 Å². The number of amides is 1. The molecule has 5 rings (SSSR count). The number of methoxy groups -OCH3 is 2. The van der Waals surface area contributed by atoms with Gasteiger partial charge in [-0.05, 0) is 6.42 Å². The number of benzene rings is 1. The van der Waals surface area contributed by atoms with Crippen LogP contribution in [0.4, 0.5) is 5.69 Å². The summed E-state index contributed by atoms with van der Waals surface area (Å²) in [5.74, 6) is 1.59. The van der Waals surface area contributed by atoms with E-state index in [1.54, 1.807) is 31.2 Å². The molecule has 3 aliphatic rings. The van der Waals surface area contributed by atoms with E-state index in [4.69, 9.17) is 37.7 Å². The van der Waals surface area contributed by atoms with Crippen LogP contribution in [0.1, 0.15) is 24.8 Å². The summed E-state index contributed by atoms with van der Waals surface area (Å²) in [6, 6.07) is 1.59. The Morgan fingerprint density at radius 1 is 1.19 bits per heavy atom. The van der Waals surface area contributed by atoms with Crippen molar-refractivity contribution in [3.8, 4) is 11.5 Å². The lowest BCUT2D eigenvalue weighted by Gasteiger charge is -2.37. The van der Waals surface area contributed by atoms with Crippen LogP contribution in [0.5, 0.6) is 11.5 Å². The highest BCUT2D eigenvalue weighted by Crippen LogP contribution is 2.47. The fourth-order valence-electron chi connectivity index (χ4n) is 4.58. The molecule has 2 aromatic rings. The van der Waals surface area contributed by atoms with Gasteiger partial charge in [-0.25, -0.2) is 4.99 Å². The molecule has 0 bridgehead atoms. The summed E-state index contributed by atoms with van der Waals surface area (Å²) < 4.78 is 12.8. The van der Waals surface area contributed by atoms with Gasteiger partial charge in [-0.1, -0.05) is 29.3 Å². The maximum absolute atomic E-state index is 12.0.